The molecular formula is C43H28N4OS. The van der Waals surface area contributed by atoms with E-state index in [1.54, 1.807) is 11.3 Å². The maximum Gasteiger partial charge on any atom is 0.164 e. The topological polar surface area (TPSA) is 64.7 Å². The van der Waals surface area contributed by atoms with Crippen LogP contribution < -0.4 is 0 Å². The first-order valence-corrected chi connectivity index (χ1v) is 17.3. The van der Waals surface area contributed by atoms with E-state index in [4.69, 9.17) is 19.4 Å². The molecule has 6 aromatic carbocycles. The van der Waals surface area contributed by atoms with E-state index < -0.39 is 0 Å². The molecule has 6 heteroatoms. The summed E-state index contributed by atoms with van der Waals surface area (Å²) in [6, 6.07) is 44.1. The van der Waals surface area contributed by atoms with Crippen molar-refractivity contribution in [1.29, 1.82) is 0 Å². The maximum atomic E-state index is 6.73. The summed E-state index contributed by atoms with van der Waals surface area (Å²) in [5, 5.41) is 2.01. The van der Waals surface area contributed by atoms with Crippen LogP contribution in [-0.4, -0.2) is 19.9 Å². The van der Waals surface area contributed by atoms with Gasteiger partial charge in [-0.3, -0.25) is 0 Å². The van der Waals surface area contributed by atoms with Crippen LogP contribution in [0, 0.1) is 0 Å². The van der Waals surface area contributed by atoms with E-state index in [0.29, 0.717) is 17.5 Å². The van der Waals surface area contributed by atoms with Gasteiger partial charge in [0.15, 0.2) is 17.5 Å². The summed E-state index contributed by atoms with van der Waals surface area (Å²) in [7, 11) is 0. The predicted molar refractivity (Wildman–Crippen MR) is 200 cm³/mol. The van der Waals surface area contributed by atoms with Crippen molar-refractivity contribution in [2.45, 2.75) is 19.3 Å². The molecule has 0 bridgehead atoms. The van der Waals surface area contributed by atoms with Gasteiger partial charge in [0, 0.05) is 38.4 Å². The van der Waals surface area contributed by atoms with E-state index >= 15 is 0 Å². The molecular weight excluding hydrogens is 621 g/mol. The van der Waals surface area contributed by atoms with Crippen molar-refractivity contribution in [3.8, 4) is 56.4 Å². The molecule has 5 nitrogen and oxygen atoms in total. The molecule has 1 aliphatic rings. The van der Waals surface area contributed by atoms with Gasteiger partial charge in [0.05, 0.1) is 15.7 Å². The highest BCUT2D eigenvalue weighted by Crippen LogP contribution is 2.52. The third-order valence-corrected chi connectivity index (χ3v) is 10.7. The molecule has 0 atom stereocenters. The number of thiazole rings is 1. The van der Waals surface area contributed by atoms with Gasteiger partial charge >= 0.3 is 0 Å². The lowest BCUT2D eigenvalue weighted by Crippen LogP contribution is -2.14. The Bertz CT molecular complexity index is 2690. The van der Waals surface area contributed by atoms with E-state index in [1.807, 2.05) is 78.3 Å². The lowest BCUT2D eigenvalue weighted by molar-refractivity contribution is 0.661. The van der Waals surface area contributed by atoms with Crippen molar-refractivity contribution < 1.29 is 4.42 Å². The van der Waals surface area contributed by atoms with Crippen LogP contribution in [0.15, 0.2) is 137 Å². The lowest BCUT2D eigenvalue weighted by Gasteiger charge is -2.21. The summed E-state index contributed by atoms with van der Waals surface area (Å²) >= 11 is 1.70. The van der Waals surface area contributed by atoms with Gasteiger partial charge in [-0.2, -0.15) is 0 Å². The molecule has 0 saturated heterocycles. The molecule has 0 saturated carbocycles. The molecule has 10 rings (SSSR count). The van der Waals surface area contributed by atoms with E-state index in [-0.39, 0.29) is 5.41 Å². The standard InChI is InChI=1S/C43H28N4OS/c1-43(2)33-20-17-27(21-31(33)32-22-35-37(23-34(32)43)49-24-44-35)28-18-19-30(38-29-15-9-10-16-36(29)48-39(28)38)42-46-40(25-11-5-3-6-12-25)45-41(47-42)26-13-7-4-8-14-26/h3-24H,1-2H3. The number of rotatable bonds is 4. The number of furan rings is 1. The van der Waals surface area contributed by atoms with Crippen molar-refractivity contribution in [3.05, 3.63) is 144 Å². The summed E-state index contributed by atoms with van der Waals surface area (Å²) in [6.07, 6.45) is 0. The molecule has 3 heterocycles. The predicted octanol–water partition coefficient (Wildman–Crippen LogP) is 11.4. The fourth-order valence-corrected chi connectivity index (χ4v) is 8.14. The van der Waals surface area contributed by atoms with Crippen LogP contribution in [0.4, 0.5) is 0 Å². The van der Waals surface area contributed by atoms with Crippen molar-refractivity contribution >= 4 is 43.5 Å². The Labute approximate surface area is 286 Å². The number of nitrogens with zero attached hydrogens (tertiary/aromatic N) is 4. The molecule has 0 amide bonds. The highest BCUT2D eigenvalue weighted by atomic mass is 32.1. The van der Waals surface area contributed by atoms with Crippen LogP contribution in [-0.2, 0) is 5.41 Å². The second-order valence-electron chi connectivity index (χ2n) is 13.1. The highest BCUT2D eigenvalue weighted by Gasteiger charge is 2.36. The van der Waals surface area contributed by atoms with Crippen molar-refractivity contribution in [2.75, 3.05) is 0 Å². The Morgan fingerprint density at radius 1 is 0.551 bits per heavy atom. The van der Waals surface area contributed by atoms with Crippen LogP contribution in [0.3, 0.4) is 0 Å². The number of aromatic nitrogens is 4. The third-order valence-electron chi connectivity index (χ3n) is 9.90. The molecule has 232 valence electrons. The van der Waals surface area contributed by atoms with Gasteiger partial charge in [0.2, 0.25) is 0 Å². The van der Waals surface area contributed by atoms with Gasteiger partial charge in [-0.15, -0.1) is 11.3 Å². The molecule has 0 N–H and O–H groups in total. The Balaban J connectivity index is 1.21. The number of benzene rings is 6. The summed E-state index contributed by atoms with van der Waals surface area (Å²) in [5.74, 6) is 1.86. The molecule has 9 aromatic rings. The highest BCUT2D eigenvalue weighted by molar-refractivity contribution is 7.16. The molecule has 0 unspecified atom stereocenters. The van der Waals surface area contributed by atoms with E-state index in [9.17, 15) is 0 Å². The van der Waals surface area contributed by atoms with Gasteiger partial charge in [-0.05, 0) is 64.2 Å². The first-order valence-electron chi connectivity index (χ1n) is 16.4. The number of fused-ring (bicyclic) bond motifs is 7. The first-order chi connectivity index (χ1) is 24.0. The minimum absolute atomic E-state index is 0.106. The normalized spacial score (nSPS) is 13.3. The third kappa shape index (κ3) is 4.31. The Morgan fingerprint density at radius 2 is 1.20 bits per heavy atom. The van der Waals surface area contributed by atoms with Gasteiger partial charge in [-0.25, -0.2) is 19.9 Å². The maximum absolute atomic E-state index is 6.73. The lowest BCUT2D eigenvalue weighted by atomic mass is 9.82. The fourth-order valence-electron chi connectivity index (χ4n) is 7.44. The quantitative estimate of drug-likeness (QED) is 0.190. The van der Waals surface area contributed by atoms with Crippen molar-refractivity contribution in [3.63, 3.8) is 0 Å². The number of hydrogen-bond acceptors (Lipinski definition) is 6. The smallest absolute Gasteiger partial charge is 0.164 e. The van der Waals surface area contributed by atoms with Crippen molar-refractivity contribution in [1.82, 2.24) is 19.9 Å². The van der Waals surface area contributed by atoms with Crippen molar-refractivity contribution in [2.24, 2.45) is 0 Å². The second-order valence-corrected chi connectivity index (χ2v) is 14.0. The Hall–Kier alpha value is -5.98. The fraction of sp³-hybridized carbons (Fsp3) is 0.0698. The molecule has 0 spiro atoms. The number of hydrogen-bond donors (Lipinski definition) is 0. The summed E-state index contributed by atoms with van der Waals surface area (Å²) < 4.78 is 7.95. The van der Waals surface area contributed by atoms with E-state index in [1.165, 1.54) is 27.0 Å². The van der Waals surface area contributed by atoms with Crippen LogP contribution in [0.1, 0.15) is 25.0 Å². The van der Waals surface area contributed by atoms with Gasteiger partial charge in [0.1, 0.15) is 11.2 Å². The molecule has 0 radical (unpaired) electrons. The molecule has 1 aliphatic carbocycles. The molecule has 0 aliphatic heterocycles. The molecule has 49 heavy (non-hydrogen) atoms. The Kier molecular flexibility index (Phi) is 6.02. The average molecular weight is 649 g/mol. The number of para-hydroxylation sites is 1. The van der Waals surface area contributed by atoms with Crippen LogP contribution in [0.2, 0.25) is 0 Å². The monoisotopic (exact) mass is 648 g/mol. The summed E-state index contributed by atoms with van der Waals surface area (Å²) in [6.45, 7) is 4.64. The van der Waals surface area contributed by atoms with E-state index in [2.05, 4.69) is 73.4 Å². The molecule has 3 aromatic heterocycles. The second kappa shape index (κ2) is 10.5. The zero-order valence-corrected chi connectivity index (χ0v) is 27.6. The minimum atomic E-state index is -0.106. The van der Waals surface area contributed by atoms with E-state index in [0.717, 1.165) is 55.3 Å². The van der Waals surface area contributed by atoms with Gasteiger partial charge in [0.25, 0.3) is 0 Å². The van der Waals surface area contributed by atoms with Crippen LogP contribution in [0.5, 0.6) is 0 Å². The summed E-state index contributed by atoms with van der Waals surface area (Å²) in [4.78, 5) is 19.7. The summed E-state index contributed by atoms with van der Waals surface area (Å²) in [5.41, 5.74) is 14.6. The zero-order valence-electron chi connectivity index (χ0n) is 26.8. The van der Waals surface area contributed by atoms with Crippen LogP contribution in [0.25, 0.3) is 88.6 Å². The SMILES string of the molecule is CC1(C)c2ccc(-c3ccc(-c4nc(-c5ccccc5)nc(-c5ccccc5)n4)c4c3oc3ccccc34)cc2-c2cc3ncsc3cc21. The zero-order chi connectivity index (χ0) is 32.7. The average Bonchev–Trinajstić information content (AvgIpc) is 3.84. The molecule has 0 fully saturated rings. The minimum Gasteiger partial charge on any atom is -0.455 e. The van der Waals surface area contributed by atoms with Crippen LogP contribution >= 0.6 is 11.3 Å². The largest absolute Gasteiger partial charge is 0.455 e. The Morgan fingerprint density at radius 3 is 1.96 bits per heavy atom. The van der Waals surface area contributed by atoms with Gasteiger partial charge < -0.3 is 4.42 Å². The first kappa shape index (κ1) is 28.1. The van der Waals surface area contributed by atoms with Gasteiger partial charge in [-0.1, -0.05) is 105 Å².